The lowest BCUT2D eigenvalue weighted by Gasteiger charge is -2.59. The second-order valence-electron chi connectivity index (χ2n) is 11.9. The smallest absolute Gasteiger partial charge is 0.419 e. The van der Waals surface area contributed by atoms with Gasteiger partial charge in [-0.25, -0.2) is 14.8 Å². The number of piperazine rings is 1. The predicted molar refractivity (Wildman–Crippen MR) is 127 cm³/mol. The number of carbonyl (C=O) groups is 1. The molecule has 196 valence electrons. The van der Waals surface area contributed by atoms with Gasteiger partial charge in [-0.15, -0.1) is 0 Å². The first-order chi connectivity index (χ1) is 17.1. The quantitative estimate of drug-likeness (QED) is 0.572. The van der Waals surface area contributed by atoms with Gasteiger partial charge < -0.3 is 14.5 Å². The van der Waals surface area contributed by atoms with Crippen LogP contribution < -0.4 is 4.90 Å². The highest BCUT2D eigenvalue weighted by atomic mass is 19.4. The highest BCUT2D eigenvalue weighted by Crippen LogP contribution is 2.51. The third-order valence-electron chi connectivity index (χ3n) is 8.99. The van der Waals surface area contributed by atoms with E-state index in [1.165, 1.54) is 19.4 Å². The van der Waals surface area contributed by atoms with Crippen molar-refractivity contribution in [3.63, 3.8) is 0 Å². The van der Waals surface area contributed by atoms with Crippen LogP contribution >= 0.6 is 0 Å². The number of hydrogen-bond acceptors (Lipinski definition) is 6. The van der Waals surface area contributed by atoms with E-state index < -0.39 is 11.7 Å². The van der Waals surface area contributed by atoms with Gasteiger partial charge in [0, 0.05) is 50.5 Å². The monoisotopic (exact) mass is 505 g/mol. The molecule has 0 aromatic carbocycles. The molecule has 3 aliphatic carbocycles. The first-order valence-electron chi connectivity index (χ1n) is 13.1. The van der Waals surface area contributed by atoms with E-state index in [0.717, 1.165) is 56.1 Å². The number of halogens is 3. The standard InChI is InChI=1S/C26H34F3N5O2/c1-16-11-33(23-30-9-21(10-31-23)26(27,28)29)12-17(2)34(16)24(35)36-22-7-25(8-22)14-32(15-25)13-20-6-18-3-4-19(20)5-18/h3-4,9-10,16-20,22H,5-8,11-15H2,1-2H3/t16-,17+,18?,19?,20?. The number of carbonyl (C=O) groups excluding carboxylic acids is 1. The van der Waals surface area contributed by atoms with Crippen LogP contribution in [0.4, 0.5) is 23.9 Å². The third kappa shape index (κ3) is 4.35. The molecule has 5 aliphatic rings. The average Bonchev–Trinajstić information content (AvgIpc) is 3.38. The van der Waals surface area contributed by atoms with E-state index in [2.05, 4.69) is 27.0 Å². The minimum Gasteiger partial charge on any atom is -0.446 e. The molecule has 2 saturated carbocycles. The normalized spacial score (nSPS) is 33.6. The topological polar surface area (TPSA) is 61.8 Å². The van der Waals surface area contributed by atoms with Crippen LogP contribution in [0.1, 0.15) is 45.1 Å². The number of hydrogen-bond donors (Lipinski definition) is 0. The van der Waals surface area contributed by atoms with Crippen LogP contribution in [-0.4, -0.2) is 76.8 Å². The largest absolute Gasteiger partial charge is 0.446 e. The van der Waals surface area contributed by atoms with Crippen molar-refractivity contribution in [2.24, 2.45) is 23.2 Å². The molecule has 10 heteroatoms. The molecular formula is C26H34F3N5O2. The van der Waals surface area contributed by atoms with Gasteiger partial charge >= 0.3 is 12.3 Å². The Labute approximate surface area is 209 Å². The van der Waals surface area contributed by atoms with Crippen molar-refractivity contribution in [2.75, 3.05) is 37.6 Å². The summed E-state index contributed by atoms with van der Waals surface area (Å²) in [5, 5.41) is 0. The van der Waals surface area contributed by atoms with E-state index in [-0.39, 0.29) is 30.2 Å². The zero-order valence-electron chi connectivity index (χ0n) is 20.8. The molecule has 2 bridgehead atoms. The Kier molecular flexibility index (Phi) is 5.73. The van der Waals surface area contributed by atoms with Gasteiger partial charge in [0.05, 0.1) is 17.6 Å². The Morgan fingerprint density at radius 2 is 1.75 bits per heavy atom. The van der Waals surface area contributed by atoms with E-state index in [1.807, 2.05) is 18.7 Å². The zero-order chi connectivity index (χ0) is 25.2. The number of rotatable bonds is 4. The SMILES string of the molecule is C[C@@H]1CN(c2ncc(C(F)(F)F)cn2)C[C@H](C)N1C(=O)OC1CC2(C1)CN(CC1CC3C=CC1C3)C2. The lowest BCUT2D eigenvalue weighted by molar-refractivity contribution is -0.139. The van der Waals surface area contributed by atoms with Crippen molar-refractivity contribution in [1.29, 1.82) is 0 Å². The van der Waals surface area contributed by atoms with Crippen molar-refractivity contribution in [1.82, 2.24) is 19.8 Å². The number of allylic oxidation sites excluding steroid dienone is 2. The van der Waals surface area contributed by atoms with Gasteiger partial charge in [-0.05, 0) is 57.3 Å². The predicted octanol–water partition coefficient (Wildman–Crippen LogP) is 4.21. The number of likely N-dealkylation sites (tertiary alicyclic amines) is 1. The van der Waals surface area contributed by atoms with Gasteiger partial charge in [0.1, 0.15) is 6.10 Å². The fourth-order valence-corrected chi connectivity index (χ4v) is 7.40. The molecule has 5 atom stereocenters. The van der Waals surface area contributed by atoms with E-state index >= 15 is 0 Å². The average molecular weight is 506 g/mol. The third-order valence-corrected chi connectivity index (χ3v) is 8.99. The van der Waals surface area contributed by atoms with E-state index in [4.69, 9.17) is 4.74 Å². The number of fused-ring (bicyclic) bond motifs is 2. The number of ether oxygens (including phenoxy) is 1. The summed E-state index contributed by atoms with van der Waals surface area (Å²) in [6, 6.07) is -0.340. The van der Waals surface area contributed by atoms with Gasteiger partial charge in [0.25, 0.3) is 0 Å². The van der Waals surface area contributed by atoms with Gasteiger partial charge in [-0.3, -0.25) is 4.90 Å². The van der Waals surface area contributed by atoms with Gasteiger partial charge in [-0.2, -0.15) is 13.2 Å². The van der Waals surface area contributed by atoms with Crippen LogP contribution in [-0.2, 0) is 10.9 Å². The Morgan fingerprint density at radius 3 is 2.31 bits per heavy atom. The Hall–Kier alpha value is -2.36. The minimum atomic E-state index is -4.47. The summed E-state index contributed by atoms with van der Waals surface area (Å²) in [5.74, 6) is 2.67. The Balaban J connectivity index is 0.962. The number of alkyl halides is 3. The molecule has 0 radical (unpaired) electrons. The fourth-order valence-electron chi connectivity index (χ4n) is 7.40. The highest BCUT2D eigenvalue weighted by molar-refractivity contribution is 5.69. The summed E-state index contributed by atoms with van der Waals surface area (Å²) in [7, 11) is 0. The van der Waals surface area contributed by atoms with Crippen LogP contribution in [0, 0.1) is 23.2 Å². The fraction of sp³-hybridized carbons (Fsp3) is 0.731. The highest BCUT2D eigenvalue weighted by Gasteiger charge is 2.55. The summed E-state index contributed by atoms with van der Waals surface area (Å²) in [6.45, 7) is 8.17. The van der Waals surface area contributed by atoms with Gasteiger partial charge in [0.2, 0.25) is 5.95 Å². The maximum absolute atomic E-state index is 13.0. The molecular weight excluding hydrogens is 471 g/mol. The molecule has 3 unspecified atom stereocenters. The maximum atomic E-state index is 13.0. The zero-order valence-corrected chi connectivity index (χ0v) is 20.8. The molecule has 7 nitrogen and oxygen atoms in total. The molecule has 4 fully saturated rings. The maximum Gasteiger partial charge on any atom is 0.419 e. The lowest BCUT2D eigenvalue weighted by Crippen LogP contribution is -2.65. The molecule has 1 aromatic heterocycles. The van der Waals surface area contributed by atoms with Crippen LogP contribution in [0.15, 0.2) is 24.5 Å². The lowest BCUT2D eigenvalue weighted by atomic mass is 9.61. The van der Waals surface area contributed by atoms with Gasteiger partial charge in [-0.1, -0.05) is 12.2 Å². The van der Waals surface area contributed by atoms with Crippen LogP contribution in [0.25, 0.3) is 0 Å². The van der Waals surface area contributed by atoms with Crippen molar-refractivity contribution in [3.8, 4) is 0 Å². The summed E-state index contributed by atoms with van der Waals surface area (Å²) in [5.41, 5.74) is -0.543. The second kappa shape index (κ2) is 8.60. The van der Waals surface area contributed by atoms with Crippen molar-refractivity contribution in [2.45, 2.75) is 63.9 Å². The molecule has 1 spiro atoms. The second-order valence-corrected chi connectivity index (χ2v) is 11.9. The molecule has 0 N–H and O–H groups in total. The molecule has 3 heterocycles. The van der Waals surface area contributed by atoms with Crippen LogP contribution in [0.3, 0.4) is 0 Å². The molecule has 2 aliphatic heterocycles. The number of amides is 1. The Bertz CT molecular complexity index is 1010. The van der Waals surface area contributed by atoms with Gasteiger partial charge in [0.15, 0.2) is 0 Å². The molecule has 36 heavy (non-hydrogen) atoms. The van der Waals surface area contributed by atoms with E-state index in [1.54, 1.807) is 4.90 Å². The van der Waals surface area contributed by atoms with E-state index in [9.17, 15) is 18.0 Å². The molecule has 1 aromatic rings. The minimum absolute atomic E-state index is 0.0271. The number of nitrogens with zero attached hydrogens (tertiary/aromatic N) is 5. The summed E-state index contributed by atoms with van der Waals surface area (Å²) < 4.78 is 44.3. The molecule has 1 amide bonds. The molecule has 2 saturated heterocycles. The van der Waals surface area contributed by atoms with Crippen molar-refractivity contribution >= 4 is 12.0 Å². The first-order valence-corrected chi connectivity index (χ1v) is 13.1. The number of anilines is 1. The Morgan fingerprint density at radius 1 is 1.08 bits per heavy atom. The first kappa shape index (κ1) is 24.0. The van der Waals surface area contributed by atoms with Crippen LogP contribution in [0.5, 0.6) is 0 Å². The summed E-state index contributed by atoms with van der Waals surface area (Å²) in [6.07, 6.45) is 6.22. The van der Waals surface area contributed by atoms with Crippen molar-refractivity contribution < 1.29 is 22.7 Å². The summed E-state index contributed by atoms with van der Waals surface area (Å²) in [4.78, 5) is 27.0. The molecule has 6 rings (SSSR count). The van der Waals surface area contributed by atoms with Crippen LogP contribution in [0.2, 0.25) is 0 Å². The van der Waals surface area contributed by atoms with Crippen molar-refractivity contribution in [3.05, 3.63) is 30.1 Å². The van der Waals surface area contributed by atoms with E-state index in [0.29, 0.717) is 18.5 Å². The number of aromatic nitrogens is 2. The summed E-state index contributed by atoms with van der Waals surface area (Å²) >= 11 is 0.